The Hall–Kier alpha value is -3.07. The fraction of sp³-hybridized carbons (Fsp3) is 0.0625. The van der Waals surface area contributed by atoms with Crippen LogP contribution in [0.1, 0.15) is 5.89 Å². The monoisotopic (exact) mass is 358 g/mol. The van der Waals surface area contributed by atoms with Crippen LogP contribution in [0.3, 0.4) is 0 Å². The molecule has 2 heterocycles. The number of anilines is 1. The zero-order valence-electron chi connectivity index (χ0n) is 12.7. The fourth-order valence-corrected chi connectivity index (χ4v) is 3.60. The van der Waals surface area contributed by atoms with E-state index in [2.05, 4.69) is 19.9 Å². The Morgan fingerprint density at radius 3 is 2.80 bits per heavy atom. The number of halogens is 1. The van der Waals surface area contributed by atoms with Crippen molar-refractivity contribution in [2.45, 2.75) is 11.3 Å². The summed E-state index contributed by atoms with van der Waals surface area (Å²) in [5, 5.41) is 6.73. The molecule has 1 aliphatic heterocycles. The third-order valence-electron chi connectivity index (χ3n) is 3.54. The van der Waals surface area contributed by atoms with Crippen LogP contribution in [0.5, 0.6) is 0 Å². The molecule has 0 aliphatic carbocycles. The van der Waals surface area contributed by atoms with Crippen molar-refractivity contribution in [3.05, 3.63) is 60.2 Å². The zero-order chi connectivity index (χ0) is 17.4. The first-order valence-corrected chi connectivity index (χ1v) is 8.74. The van der Waals surface area contributed by atoms with E-state index in [-0.39, 0.29) is 28.9 Å². The Morgan fingerprint density at radius 1 is 1.12 bits per heavy atom. The van der Waals surface area contributed by atoms with E-state index in [1.807, 2.05) is 0 Å². The van der Waals surface area contributed by atoms with Gasteiger partial charge in [0.05, 0.1) is 12.1 Å². The summed E-state index contributed by atoms with van der Waals surface area (Å²) in [5.74, 6) is 0.146. The summed E-state index contributed by atoms with van der Waals surface area (Å²) < 4.78 is 46.5. The number of benzene rings is 2. The van der Waals surface area contributed by atoms with Crippen LogP contribution in [0.25, 0.3) is 11.4 Å². The minimum Gasteiger partial charge on any atom is -0.341 e. The number of nitrogens with zero attached hydrogens (tertiary/aromatic N) is 3. The van der Waals surface area contributed by atoms with Gasteiger partial charge < -0.3 is 9.84 Å². The second-order valence-electron chi connectivity index (χ2n) is 5.33. The summed E-state index contributed by atoms with van der Waals surface area (Å²) in [7, 11) is -3.78. The van der Waals surface area contributed by atoms with Crippen molar-refractivity contribution in [1.29, 1.82) is 0 Å². The average Bonchev–Trinajstić information content (AvgIpc) is 3.03. The molecule has 1 N–H and O–H groups in total. The first-order chi connectivity index (χ1) is 12.0. The van der Waals surface area contributed by atoms with Gasteiger partial charge in [-0.3, -0.25) is 0 Å². The van der Waals surface area contributed by atoms with Crippen LogP contribution < -0.4 is 5.32 Å². The molecule has 0 radical (unpaired) electrons. The largest absolute Gasteiger partial charge is 0.341 e. The van der Waals surface area contributed by atoms with E-state index in [1.165, 1.54) is 24.3 Å². The summed E-state index contributed by atoms with van der Waals surface area (Å²) in [6.07, 6.45) is 0.00980. The fourth-order valence-electron chi connectivity index (χ4n) is 2.46. The predicted molar refractivity (Wildman–Crippen MR) is 88.1 cm³/mol. The van der Waals surface area contributed by atoms with Crippen molar-refractivity contribution in [3.63, 3.8) is 0 Å². The molecule has 0 spiro atoms. The smallest absolute Gasteiger partial charge is 0.286 e. The zero-order valence-corrected chi connectivity index (χ0v) is 13.5. The molecule has 0 saturated heterocycles. The van der Waals surface area contributed by atoms with Gasteiger partial charge >= 0.3 is 0 Å². The van der Waals surface area contributed by atoms with Gasteiger partial charge in [-0.2, -0.15) is 13.4 Å². The predicted octanol–water partition coefficient (Wildman–Crippen LogP) is 2.63. The lowest BCUT2D eigenvalue weighted by Crippen LogP contribution is -2.23. The standard InChI is InChI=1S/C16H11FN4O3S/c17-11-5-3-4-10(8-11)16-19-15(24-20-16)9-14-18-12-6-1-2-7-13(12)25(22,23)21-14/h1-8H,9H2,(H,18,21). The maximum atomic E-state index is 13.3. The molecule has 0 saturated carbocycles. The summed E-state index contributed by atoms with van der Waals surface area (Å²) in [5.41, 5.74) is 0.906. The normalized spacial score (nSPS) is 15.2. The summed E-state index contributed by atoms with van der Waals surface area (Å²) in [4.78, 5) is 4.27. The van der Waals surface area contributed by atoms with E-state index < -0.39 is 15.8 Å². The van der Waals surface area contributed by atoms with Gasteiger partial charge in [-0.25, -0.2) is 4.39 Å². The van der Waals surface area contributed by atoms with Crippen LogP contribution in [0.4, 0.5) is 10.1 Å². The molecule has 3 aromatic rings. The molecule has 126 valence electrons. The molecular weight excluding hydrogens is 347 g/mol. The lowest BCUT2D eigenvalue weighted by molar-refractivity contribution is 0.389. The van der Waals surface area contributed by atoms with E-state index in [0.29, 0.717) is 11.3 Å². The van der Waals surface area contributed by atoms with Gasteiger partial charge in [-0.1, -0.05) is 29.4 Å². The molecule has 0 fully saturated rings. The highest BCUT2D eigenvalue weighted by molar-refractivity contribution is 7.90. The number of nitrogens with one attached hydrogen (secondary N) is 1. The summed E-state index contributed by atoms with van der Waals surface area (Å²) in [6.45, 7) is 0. The SMILES string of the molecule is O=S1(=O)N=C(Cc2nc(-c3cccc(F)c3)no2)Nc2ccccc21. The van der Waals surface area contributed by atoms with Crippen molar-refractivity contribution in [2.75, 3.05) is 5.32 Å². The van der Waals surface area contributed by atoms with Crippen LogP contribution in [0.15, 0.2) is 62.3 Å². The highest BCUT2D eigenvalue weighted by Gasteiger charge is 2.25. The van der Waals surface area contributed by atoms with E-state index >= 15 is 0 Å². The van der Waals surface area contributed by atoms with Crippen LogP contribution in [-0.4, -0.2) is 24.4 Å². The van der Waals surface area contributed by atoms with Crippen molar-refractivity contribution in [2.24, 2.45) is 4.40 Å². The van der Waals surface area contributed by atoms with Gasteiger partial charge in [0.15, 0.2) is 0 Å². The minimum atomic E-state index is -3.78. The maximum absolute atomic E-state index is 13.3. The molecule has 0 bridgehead atoms. The number of hydrogen-bond donors (Lipinski definition) is 1. The van der Waals surface area contributed by atoms with E-state index in [1.54, 1.807) is 24.3 Å². The lowest BCUT2D eigenvalue weighted by atomic mass is 10.2. The highest BCUT2D eigenvalue weighted by atomic mass is 32.2. The Balaban J connectivity index is 1.61. The van der Waals surface area contributed by atoms with Gasteiger partial charge in [-0.05, 0) is 24.3 Å². The topological polar surface area (TPSA) is 97.5 Å². The Morgan fingerprint density at radius 2 is 1.96 bits per heavy atom. The molecular formula is C16H11FN4O3S. The van der Waals surface area contributed by atoms with Crippen molar-refractivity contribution < 1.29 is 17.3 Å². The molecule has 0 unspecified atom stereocenters. The Bertz CT molecular complexity index is 1090. The van der Waals surface area contributed by atoms with Crippen LogP contribution in [-0.2, 0) is 16.4 Å². The van der Waals surface area contributed by atoms with E-state index in [0.717, 1.165) is 0 Å². The van der Waals surface area contributed by atoms with Gasteiger partial charge in [0, 0.05) is 5.56 Å². The number of fused-ring (bicyclic) bond motifs is 1. The van der Waals surface area contributed by atoms with E-state index in [9.17, 15) is 12.8 Å². The molecule has 1 aliphatic rings. The van der Waals surface area contributed by atoms with Gasteiger partial charge in [0.2, 0.25) is 11.7 Å². The molecule has 9 heteroatoms. The van der Waals surface area contributed by atoms with Gasteiger partial charge in [-0.15, -0.1) is 4.40 Å². The molecule has 0 atom stereocenters. The molecule has 25 heavy (non-hydrogen) atoms. The second-order valence-corrected chi connectivity index (χ2v) is 6.91. The molecule has 1 aromatic heterocycles. The second kappa shape index (κ2) is 5.78. The number of hydrogen-bond acceptors (Lipinski definition) is 6. The highest BCUT2D eigenvalue weighted by Crippen LogP contribution is 2.27. The molecule has 4 rings (SSSR count). The molecule has 7 nitrogen and oxygen atoms in total. The number of para-hydroxylation sites is 1. The van der Waals surface area contributed by atoms with Crippen molar-refractivity contribution in [3.8, 4) is 11.4 Å². The maximum Gasteiger partial charge on any atom is 0.286 e. The number of sulfonamides is 1. The Kier molecular flexibility index (Phi) is 3.57. The number of rotatable bonds is 3. The summed E-state index contributed by atoms with van der Waals surface area (Å²) >= 11 is 0. The number of amidine groups is 1. The lowest BCUT2D eigenvalue weighted by Gasteiger charge is -2.16. The Labute approximate surface area is 142 Å². The van der Waals surface area contributed by atoms with Gasteiger partial charge in [0.1, 0.15) is 16.5 Å². The minimum absolute atomic E-state index is 0.00980. The van der Waals surface area contributed by atoms with Gasteiger partial charge in [0.25, 0.3) is 10.0 Å². The third kappa shape index (κ3) is 3.01. The van der Waals surface area contributed by atoms with Crippen molar-refractivity contribution in [1.82, 2.24) is 10.1 Å². The van der Waals surface area contributed by atoms with Crippen LogP contribution in [0.2, 0.25) is 0 Å². The van der Waals surface area contributed by atoms with Crippen molar-refractivity contribution >= 4 is 21.5 Å². The first-order valence-electron chi connectivity index (χ1n) is 7.30. The van der Waals surface area contributed by atoms with Crippen LogP contribution in [0, 0.1) is 5.82 Å². The third-order valence-corrected chi connectivity index (χ3v) is 4.92. The van der Waals surface area contributed by atoms with E-state index in [4.69, 9.17) is 4.52 Å². The molecule has 0 amide bonds. The van der Waals surface area contributed by atoms with Crippen LogP contribution >= 0.6 is 0 Å². The number of aromatic nitrogens is 2. The molecule has 2 aromatic carbocycles. The first kappa shape index (κ1) is 15.5. The average molecular weight is 358 g/mol. The quantitative estimate of drug-likeness (QED) is 0.773. The summed E-state index contributed by atoms with van der Waals surface area (Å²) in [6, 6.07) is 12.3.